The fourth-order valence-corrected chi connectivity index (χ4v) is 10.5. The molecule has 0 radical (unpaired) electrons. The number of aromatic hydroxyl groups is 1. The maximum atomic E-state index is 14.8. The number of thiol groups is 2. The molecule has 1 aliphatic heterocycles. The minimum atomic E-state index is -1.89. The van der Waals surface area contributed by atoms with Crippen LogP contribution in [0.2, 0.25) is 0 Å². The second kappa shape index (κ2) is 35.5. The van der Waals surface area contributed by atoms with Crippen LogP contribution in [0.5, 0.6) is 5.75 Å². The minimum absolute atomic E-state index is 0.00678. The fraction of sp³-hybridized carbons (Fsp3) is 0.459. The predicted octanol–water partition coefficient (Wildman–Crippen LogP) is -2.08. The Labute approximate surface area is 545 Å². The smallest absolute Gasteiger partial charge is 0.326 e. The summed E-state index contributed by atoms with van der Waals surface area (Å²) in [6.45, 7) is 5.54. The summed E-state index contributed by atoms with van der Waals surface area (Å²) in [5, 5.41) is 72.1. The lowest BCUT2D eigenvalue weighted by Gasteiger charge is -2.31. The highest BCUT2D eigenvalue weighted by atomic mass is 32.1. The molecule has 17 N–H and O–H groups in total. The molecule has 0 aliphatic carbocycles. The number of hydrogen-bond donors (Lipinski definition) is 18. The third-order valence-electron chi connectivity index (χ3n) is 15.2. The molecule has 10 amide bonds. The van der Waals surface area contributed by atoms with E-state index in [2.05, 4.69) is 78.1 Å². The molecular weight excluding hydrogens is 1250 g/mol. The maximum absolute atomic E-state index is 14.8. The van der Waals surface area contributed by atoms with Crippen LogP contribution < -0.4 is 53.6 Å². The SMILES string of the molecule is CC(C)[C@H](NC(=O)[C@H](CS)NC(=O)[C@H](Cc1ccc(O)cc1)NC(=O)[C@H](C)NC(=O)[C@H](Cc1c[nH]c2ccccc12)NC(=O)[C@H](Cc1ccccc1)NC(=O)[C@H](CS)NC(=O)[C@H](CC(=O)O)NC(=O)[C@H]1CCCN1C(=O)[C@@H](NC(=O)[C@@H](N)CCC(=O)O)[C@@H](C)O)C(=O)O. The number of nitrogens with zero attached hydrogens (tertiary/aromatic N) is 1. The highest BCUT2D eigenvalue weighted by Gasteiger charge is 2.42. The molecule has 5 rings (SSSR count). The molecule has 1 fully saturated rings. The number of para-hydroxylation sites is 1. The average molecular weight is 1330 g/mol. The summed E-state index contributed by atoms with van der Waals surface area (Å²) in [7, 11) is 0. The molecule has 12 atom stereocenters. The number of aromatic nitrogens is 1. The van der Waals surface area contributed by atoms with Crippen LogP contribution in [-0.4, -0.2) is 203 Å². The number of aliphatic hydroxyl groups excluding tert-OH is 1. The molecule has 32 heteroatoms. The van der Waals surface area contributed by atoms with Crippen LogP contribution >= 0.6 is 25.3 Å². The second-order valence-corrected chi connectivity index (χ2v) is 23.4. The van der Waals surface area contributed by atoms with Gasteiger partial charge in [0.15, 0.2) is 0 Å². The van der Waals surface area contributed by atoms with Crippen molar-refractivity contribution in [2.75, 3.05) is 18.1 Å². The van der Waals surface area contributed by atoms with Gasteiger partial charge in [-0.05, 0) is 73.9 Å². The van der Waals surface area contributed by atoms with E-state index in [4.69, 9.17) is 10.8 Å². The van der Waals surface area contributed by atoms with E-state index in [-0.39, 0.29) is 56.6 Å². The number of carbonyl (C=O) groups is 13. The lowest BCUT2D eigenvalue weighted by molar-refractivity contribution is -0.145. The normalized spacial score (nSPS) is 16.4. The zero-order chi connectivity index (χ0) is 68.8. The molecule has 504 valence electrons. The molecule has 3 aromatic carbocycles. The number of carboxylic acids is 3. The number of nitrogens with one attached hydrogen (secondary N) is 10. The topological polar surface area (TPSA) is 476 Å². The van der Waals surface area contributed by atoms with Gasteiger partial charge in [-0.1, -0.05) is 74.5 Å². The minimum Gasteiger partial charge on any atom is -0.508 e. The van der Waals surface area contributed by atoms with Crippen LogP contribution in [0.25, 0.3) is 10.9 Å². The number of fused-ring (bicyclic) bond motifs is 1. The van der Waals surface area contributed by atoms with E-state index < -0.39 is 174 Å². The number of aliphatic carboxylic acids is 3. The molecule has 4 aromatic rings. The summed E-state index contributed by atoms with van der Waals surface area (Å²) < 4.78 is 0. The molecular formula is C61H80N12O18S2. The molecule has 2 heterocycles. The summed E-state index contributed by atoms with van der Waals surface area (Å²) >= 11 is 8.46. The molecule has 1 saturated heterocycles. The van der Waals surface area contributed by atoms with Gasteiger partial charge in [-0.25, -0.2) is 4.79 Å². The van der Waals surface area contributed by atoms with Crippen LogP contribution in [0.3, 0.4) is 0 Å². The zero-order valence-electron chi connectivity index (χ0n) is 51.3. The van der Waals surface area contributed by atoms with E-state index in [1.165, 1.54) is 38.1 Å². The Morgan fingerprint density at radius 1 is 0.570 bits per heavy atom. The van der Waals surface area contributed by atoms with Gasteiger partial charge >= 0.3 is 17.9 Å². The number of carbonyl (C=O) groups excluding carboxylic acids is 10. The fourth-order valence-electron chi connectivity index (χ4n) is 9.98. The lowest BCUT2D eigenvalue weighted by Crippen LogP contribution is -2.61. The number of likely N-dealkylation sites (tertiary alicyclic amines) is 1. The van der Waals surface area contributed by atoms with Crippen LogP contribution in [0.4, 0.5) is 0 Å². The molecule has 1 aliphatic rings. The highest BCUT2D eigenvalue weighted by molar-refractivity contribution is 7.80. The number of rotatable bonds is 35. The van der Waals surface area contributed by atoms with Gasteiger partial charge < -0.3 is 89.0 Å². The van der Waals surface area contributed by atoms with E-state index in [0.717, 1.165) is 4.90 Å². The Balaban J connectivity index is 1.36. The summed E-state index contributed by atoms with van der Waals surface area (Å²) in [5.41, 5.74) is 7.95. The number of aliphatic hydroxyl groups is 1. The Hall–Kier alpha value is -9.27. The quantitative estimate of drug-likeness (QED) is 0.0220. The zero-order valence-corrected chi connectivity index (χ0v) is 53.1. The van der Waals surface area contributed by atoms with E-state index in [0.29, 0.717) is 27.6 Å². The number of phenolic OH excluding ortho intramolecular Hbond substituents is 1. The van der Waals surface area contributed by atoms with Crippen molar-refractivity contribution in [2.45, 2.75) is 152 Å². The van der Waals surface area contributed by atoms with Crippen molar-refractivity contribution in [3.63, 3.8) is 0 Å². The standard InChI is InChI=1S/C61H80N12O18S2/c1-30(2)49(61(90)91)71-58(87)45(29-93)70-55(84)40(24-34-16-18-36(75)19-17-34)65-51(80)31(3)64-53(82)42(25-35-27-63-39-14-9-8-13-37(35)39)67-54(83)41(23-33-11-6-5-7-12-33)66-57(86)44(28-92)69-56(85)43(26-48(78)79)68-59(88)46-15-10-22-73(46)60(89)50(32(4)74)72-52(81)38(62)20-21-47(76)77/h5-9,11-14,16-19,27,30-32,38,40-46,49-50,63,74-75,92-93H,10,15,20-26,28-29,62H2,1-4H3,(H,64,82)(H,65,80)(H,66,86)(H,67,83)(H,68,88)(H,69,85)(H,70,84)(H,71,87)(H,72,81)(H,76,77)(H,78,79)(H,90,91)/t31-,32+,38-,40-,41-,42-,43-,44-,45-,46+,49-,50-/m0/s1. The summed E-state index contributed by atoms with van der Waals surface area (Å²) in [5.74, 6) is -15.2. The second-order valence-electron chi connectivity index (χ2n) is 22.7. The van der Waals surface area contributed by atoms with Crippen molar-refractivity contribution in [1.29, 1.82) is 0 Å². The predicted molar refractivity (Wildman–Crippen MR) is 341 cm³/mol. The highest BCUT2D eigenvalue weighted by Crippen LogP contribution is 2.22. The lowest BCUT2D eigenvalue weighted by atomic mass is 10.0. The number of H-pyrrole nitrogens is 1. The molecule has 30 nitrogen and oxygen atoms in total. The maximum Gasteiger partial charge on any atom is 0.326 e. The molecule has 1 aromatic heterocycles. The van der Waals surface area contributed by atoms with Crippen molar-refractivity contribution in [3.8, 4) is 5.75 Å². The third-order valence-corrected chi connectivity index (χ3v) is 15.9. The third kappa shape index (κ3) is 22.2. The van der Waals surface area contributed by atoms with Crippen molar-refractivity contribution < 1.29 is 87.9 Å². The summed E-state index contributed by atoms with van der Waals surface area (Å²) in [4.78, 5) is 179. The van der Waals surface area contributed by atoms with Gasteiger partial charge in [-0.3, -0.25) is 57.5 Å². The van der Waals surface area contributed by atoms with Crippen molar-refractivity contribution >= 4 is 113 Å². The summed E-state index contributed by atoms with van der Waals surface area (Å²) in [6, 6.07) is 4.38. The number of amides is 10. The number of hydrogen-bond acceptors (Lipinski definition) is 18. The van der Waals surface area contributed by atoms with E-state index in [1.54, 1.807) is 74.6 Å². The van der Waals surface area contributed by atoms with Crippen molar-refractivity contribution in [2.24, 2.45) is 11.7 Å². The Morgan fingerprint density at radius 2 is 1.06 bits per heavy atom. The van der Waals surface area contributed by atoms with Crippen molar-refractivity contribution in [3.05, 3.63) is 102 Å². The van der Waals surface area contributed by atoms with Crippen LogP contribution in [0.15, 0.2) is 85.1 Å². The van der Waals surface area contributed by atoms with Crippen molar-refractivity contribution in [1.82, 2.24) is 57.7 Å². The first-order chi connectivity index (χ1) is 44.0. The number of aromatic amines is 1. The number of nitrogens with two attached hydrogens (primary N) is 1. The van der Waals surface area contributed by atoms with E-state index in [9.17, 15) is 82.8 Å². The summed E-state index contributed by atoms with van der Waals surface area (Å²) in [6.07, 6.45) is -2.19. The van der Waals surface area contributed by atoms with Gasteiger partial charge in [0.25, 0.3) is 0 Å². The molecule has 0 unspecified atom stereocenters. The van der Waals surface area contributed by atoms with Gasteiger partial charge in [0.05, 0.1) is 18.6 Å². The molecule has 93 heavy (non-hydrogen) atoms. The Kier molecular flexibility index (Phi) is 28.4. The first-order valence-electron chi connectivity index (χ1n) is 29.7. The first kappa shape index (κ1) is 74.5. The average Bonchev–Trinajstić information content (AvgIpc) is 1.82. The van der Waals surface area contributed by atoms with Crippen LogP contribution in [0.1, 0.15) is 76.5 Å². The van der Waals surface area contributed by atoms with Crippen LogP contribution in [-0.2, 0) is 81.6 Å². The monoisotopic (exact) mass is 1330 g/mol. The van der Waals surface area contributed by atoms with Gasteiger partial charge in [-0.2, -0.15) is 25.3 Å². The van der Waals surface area contributed by atoms with Gasteiger partial charge in [0, 0.05) is 60.8 Å². The number of benzene rings is 3. The van der Waals surface area contributed by atoms with Gasteiger partial charge in [-0.15, -0.1) is 0 Å². The number of phenols is 1. The van der Waals surface area contributed by atoms with Crippen LogP contribution in [0, 0.1) is 5.92 Å². The van der Waals surface area contributed by atoms with Gasteiger partial charge in [0.2, 0.25) is 59.1 Å². The van der Waals surface area contributed by atoms with E-state index >= 15 is 0 Å². The van der Waals surface area contributed by atoms with E-state index in [1.807, 2.05) is 0 Å². The molecule has 0 spiro atoms. The largest absolute Gasteiger partial charge is 0.508 e. The number of carboxylic acid groups (broad SMARTS) is 3. The Bertz CT molecular complexity index is 3340. The van der Waals surface area contributed by atoms with Gasteiger partial charge in [0.1, 0.15) is 66.2 Å². The molecule has 0 bridgehead atoms. The first-order valence-corrected chi connectivity index (χ1v) is 31.0. The molecule has 0 saturated carbocycles. The Morgan fingerprint density at radius 3 is 1.61 bits per heavy atom.